The minimum atomic E-state index is -4.59. The van der Waals surface area contributed by atoms with E-state index >= 15 is 0 Å². The van der Waals surface area contributed by atoms with Gasteiger partial charge in [0.1, 0.15) is 13.2 Å². The molecular weight excluding hydrogens is 864 g/mol. The zero-order valence-electron chi connectivity index (χ0n) is 45.3. The van der Waals surface area contributed by atoms with Crippen molar-refractivity contribution in [3.63, 3.8) is 0 Å². The van der Waals surface area contributed by atoms with E-state index in [1.807, 2.05) is 27.2 Å². The fraction of sp³-hybridized carbons (Fsp3) is 0.814. The van der Waals surface area contributed by atoms with Gasteiger partial charge in [-0.2, -0.15) is 0 Å². The van der Waals surface area contributed by atoms with Gasteiger partial charge in [0.15, 0.2) is 0 Å². The first-order valence-electron chi connectivity index (χ1n) is 28.7. The van der Waals surface area contributed by atoms with E-state index in [1.54, 1.807) is 6.08 Å². The molecule has 1 amide bonds. The Hall–Kier alpha value is -1.80. The van der Waals surface area contributed by atoms with Gasteiger partial charge < -0.3 is 28.8 Å². The number of nitrogens with zero attached hydrogens (tertiary/aromatic N) is 1. The molecule has 0 bridgehead atoms. The summed E-state index contributed by atoms with van der Waals surface area (Å²) in [5.41, 5.74) is 0. The topological polar surface area (TPSA) is 108 Å². The highest BCUT2D eigenvalue weighted by Gasteiger charge is 2.23. The molecule has 0 fully saturated rings. The van der Waals surface area contributed by atoms with Crippen molar-refractivity contribution in [2.75, 3.05) is 40.9 Å². The highest BCUT2D eigenvalue weighted by molar-refractivity contribution is 7.45. The van der Waals surface area contributed by atoms with Crippen molar-refractivity contribution in [2.45, 2.75) is 270 Å². The van der Waals surface area contributed by atoms with Crippen LogP contribution in [0.1, 0.15) is 258 Å². The summed E-state index contributed by atoms with van der Waals surface area (Å²) in [4.78, 5) is 25.2. The Labute approximate surface area is 422 Å². The monoisotopic (exact) mass is 975 g/mol. The Morgan fingerprint density at radius 1 is 0.515 bits per heavy atom. The lowest BCUT2D eigenvalue weighted by Crippen LogP contribution is -2.45. The lowest BCUT2D eigenvalue weighted by molar-refractivity contribution is -0.870. The SMILES string of the molecule is CCC/C=C/CC/C=C/C(O)C(COP(=O)([O-])OCC[N+](C)(C)C)NC(=O)CCCCCCCCCCCCCCCCCCCCCCCCCC/C=C\C/C=C\C/C=C\CCCCCCC. The molecule has 0 heterocycles. The lowest BCUT2D eigenvalue weighted by atomic mass is 10.0. The molecule has 0 spiro atoms. The lowest BCUT2D eigenvalue weighted by Gasteiger charge is -2.29. The van der Waals surface area contributed by atoms with Crippen molar-refractivity contribution >= 4 is 13.7 Å². The summed E-state index contributed by atoms with van der Waals surface area (Å²) in [7, 11) is 1.24. The molecule has 8 nitrogen and oxygen atoms in total. The number of allylic oxidation sites excluding steroid dienone is 9. The molecule has 0 aliphatic heterocycles. The van der Waals surface area contributed by atoms with Crippen molar-refractivity contribution in [1.29, 1.82) is 0 Å². The predicted octanol–water partition coefficient (Wildman–Crippen LogP) is 16.7. The van der Waals surface area contributed by atoms with E-state index in [1.165, 1.54) is 180 Å². The van der Waals surface area contributed by atoms with Gasteiger partial charge in [-0.1, -0.05) is 248 Å². The first-order valence-corrected chi connectivity index (χ1v) is 30.1. The number of hydrogen-bond donors (Lipinski definition) is 2. The third kappa shape index (κ3) is 52.0. The molecule has 68 heavy (non-hydrogen) atoms. The molecule has 398 valence electrons. The van der Waals surface area contributed by atoms with E-state index in [9.17, 15) is 19.4 Å². The number of rotatable bonds is 52. The number of nitrogens with one attached hydrogen (secondary N) is 1. The van der Waals surface area contributed by atoms with Crippen LogP contribution in [0.15, 0.2) is 60.8 Å². The molecule has 9 heteroatoms. The van der Waals surface area contributed by atoms with E-state index in [4.69, 9.17) is 9.05 Å². The Balaban J connectivity index is 3.76. The number of phosphoric acid groups is 1. The van der Waals surface area contributed by atoms with Crippen molar-refractivity contribution < 1.29 is 32.9 Å². The zero-order valence-corrected chi connectivity index (χ0v) is 46.2. The highest BCUT2D eigenvalue weighted by atomic mass is 31.2. The van der Waals surface area contributed by atoms with Crippen molar-refractivity contribution in [3.05, 3.63) is 60.8 Å². The van der Waals surface area contributed by atoms with Crippen LogP contribution in [0.2, 0.25) is 0 Å². The quantitative estimate of drug-likeness (QED) is 0.0272. The summed E-state index contributed by atoms with van der Waals surface area (Å²) in [6.07, 6.45) is 68.0. The average molecular weight is 976 g/mol. The molecule has 2 N–H and O–H groups in total. The number of phosphoric ester groups is 1. The highest BCUT2D eigenvalue weighted by Crippen LogP contribution is 2.38. The van der Waals surface area contributed by atoms with Crippen LogP contribution < -0.4 is 10.2 Å². The summed E-state index contributed by atoms with van der Waals surface area (Å²) >= 11 is 0. The standard InChI is InChI=1S/C59H111N2O6P/c1-6-8-10-12-14-15-16-17-18-19-20-21-22-23-24-25-26-27-28-29-30-31-32-33-34-35-36-37-38-39-40-41-42-43-44-45-47-49-51-53-59(63)60-57(58(62)52-50-48-46-13-11-9-7-2)56-67-68(64,65)66-55-54-61(3,4)5/h11,13,16-17,19-20,22-23,50,52,57-58,62H,6-10,12,14-15,18,21,24-49,51,53-56H2,1-5H3,(H-,60,63,64,65)/b13-11+,17-16-,20-19-,23-22-,52-50+. The molecule has 0 aromatic carbocycles. The number of carbonyl (C=O) groups excluding carboxylic acids is 1. The van der Waals surface area contributed by atoms with E-state index in [0.29, 0.717) is 17.4 Å². The zero-order chi connectivity index (χ0) is 49.9. The summed E-state index contributed by atoms with van der Waals surface area (Å²) in [5.74, 6) is -0.210. The van der Waals surface area contributed by atoms with Gasteiger partial charge in [0, 0.05) is 6.42 Å². The Morgan fingerprint density at radius 2 is 0.897 bits per heavy atom. The number of likely N-dealkylation sites (N-methyl/N-ethyl adjacent to an activating group) is 1. The second kappa shape index (κ2) is 50.2. The molecule has 0 aliphatic carbocycles. The molecule has 3 unspecified atom stereocenters. The van der Waals surface area contributed by atoms with Gasteiger partial charge in [0.05, 0.1) is 39.9 Å². The normalized spacial score (nSPS) is 14.4. The summed E-state index contributed by atoms with van der Waals surface area (Å²) in [6, 6.07) is -0.900. The maximum atomic E-state index is 12.8. The molecule has 3 atom stereocenters. The van der Waals surface area contributed by atoms with Crippen LogP contribution in [0.25, 0.3) is 0 Å². The van der Waals surface area contributed by atoms with Crippen LogP contribution in [-0.4, -0.2) is 68.5 Å². The molecule has 0 aliphatic rings. The van der Waals surface area contributed by atoms with Crippen LogP contribution >= 0.6 is 7.82 Å². The average Bonchev–Trinajstić information content (AvgIpc) is 3.30. The number of quaternary nitrogens is 1. The van der Waals surface area contributed by atoms with Gasteiger partial charge in [-0.3, -0.25) is 9.36 Å². The minimum absolute atomic E-state index is 0.00691. The number of unbranched alkanes of at least 4 members (excludes halogenated alkanes) is 31. The van der Waals surface area contributed by atoms with Gasteiger partial charge >= 0.3 is 0 Å². The first kappa shape index (κ1) is 66.2. The molecule has 0 saturated heterocycles. The van der Waals surface area contributed by atoms with E-state index in [0.717, 1.165) is 57.8 Å². The fourth-order valence-corrected chi connectivity index (χ4v) is 8.91. The minimum Gasteiger partial charge on any atom is -0.756 e. The molecule has 0 aromatic rings. The summed E-state index contributed by atoms with van der Waals surface area (Å²) in [6.45, 7) is 4.51. The van der Waals surface area contributed by atoms with E-state index < -0.39 is 26.6 Å². The van der Waals surface area contributed by atoms with Gasteiger partial charge in [-0.25, -0.2) is 0 Å². The van der Waals surface area contributed by atoms with Crippen LogP contribution in [0.5, 0.6) is 0 Å². The van der Waals surface area contributed by atoms with Crippen LogP contribution in [0, 0.1) is 0 Å². The van der Waals surface area contributed by atoms with Crippen LogP contribution in [0.3, 0.4) is 0 Å². The number of carbonyl (C=O) groups is 1. The van der Waals surface area contributed by atoms with Gasteiger partial charge in [0.2, 0.25) is 5.91 Å². The fourth-order valence-electron chi connectivity index (χ4n) is 8.18. The van der Waals surface area contributed by atoms with Crippen molar-refractivity contribution in [1.82, 2.24) is 5.32 Å². The predicted molar refractivity (Wildman–Crippen MR) is 293 cm³/mol. The molecule has 0 radical (unpaired) electrons. The first-order chi connectivity index (χ1) is 33.0. The van der Waals surface area contributed by atoms with Gasteiger partial charge in [-0.05, 0) is 64.2 Å². The maximum absolute atomic E-state index is 12.8. The molecule has 0 saturated carbocycles. The van der Waals surface area contributed by atoms with Gasteiger partial charge in [0.25, 0.3) is 7.82 Å². The van der Waals surface area contributed by atoms with Crippen molar-refractivity contribution in [2.24, 2.45) is 0 Å². The number of aliphatic hydroxyl groups excluding tert-OH is 1. The molecule has 0 rings (SSSR count). The smallest absolute Gasteiger partial charge is 0.268 e. The third-order valence-electron chi connectivity index (χ3n) is 12.7. The third-order valence-corrected chi connectivity index (χ3v) is 13.6. The molecular formula is C59H111N2O6P. The second-order valence-corrected chi connectivity index (χ2v) is 22.0. The summed E-state index contributed by atoms with van der Waals surface area (Å²) in [5, 5.41) is 13.7. The summed E-state index contributed by atoms with van der Waals surface area (Å²) < 4.78 is 23.1. The maximum Gasteiger partial charge on any atom is 0.268 e. The van der Waals surface area contributed by atoms with Crippen molar-refractivity contribution in [3.8, 4) is 0 Å². The molecule has 0 aromatic heterocycles. The Bertz CT molecular complexity index is 1290. The number of amides is 1. The van der Waals surface area contributed by atoms with Crippen LogP contribution in [-0.2, 0) is 18.4 Å². The van der Waals surface area contributed by atoms with Gasteiger partial charge in [-0.15, -0.1) is 0 Å². The number of hydrogen-bond acceptors (Lipinski definition) is 6. The number of aliphatic hydroxyl groups is 1. The Morgan fingerprint density at radius 3 is 1.34 bits per heavy atom. The Kier molecular flexibility index (Phi) is 48.8. The van der Waals surface area contributed by atoms with E-state index in [-0.39, 0.29) is 12.5 Å². The van der Waals surface area contributed by atoms with E-state index in [2.05, 4.69) is 67.8 Å². The second-order valence-electron chi connectivity index (χ2n) is 20.6. The largest absolute Gasteiger partial charge is 0.756 e. The van der Waals surface area contributed by atoms with Crippen LogP contribution in [0.4, 0.5) is 0 Å².